The van der Waals surface area contributed by atoms with E-state index in [9.17, 15) is 14.7 Å². The molecule has 1 aliphatic rings. The van der Waals surface area contributed by atoms with Gasteiger partial charge in [-0.15, -0.1) is 0 Å². The van der Waals surface area contributed by atoms with Crippen molar-refractivity contribution in [2.45, 2.75) is 32.2 Å². The zero-order valence-corrected chi connectivity index (χ0v) is 11.2. The Morgan fingerprint density at radius 3 is 2.56 bits per heavy atom. The standard InChI is InChI=1S/C12H22N2O4/c1-12(2,8-15)13(3)11(18)14-6-4-5-9(7-14)10(16)17/h9,15H,4-8H2,1-3H3,(H,16,17)/t9-/m0/s1. The van der Waals surface area contributed by atoms with Crippen LogP contribution in [0.2, 0.25) is 0 Å². The van der Waals surface area contributed by atoms with Gasteiger partial charge < -0.3 is 20.0 Å². The number of carboxylic acid groups (broad SMARTS) is 1. The van der Waals surface area contributed by atoms with Gasteiger partial charge in [-0.3, -0.25) is 4.79 Å². The molecule has 0 radical (unpaired) electrons. The Hall–Kier alpha value is -1.30. The van der Waals surface area contributed by atoms with Crippen LogP contribution in [0, 0.1) is 5.92 Å². The molecule has 0 spiro atoms. The van der Waals surface area contributed by atoms with E-state index in [-0.39, 0.29) is 19.2 Å². The number of urea groups is 1. The maximum Gasteiger partial charge on any atom is 0.320 e. The highest BCUT2D eigenvalue weighted by Crippen LogP contribution is 2.20. The molecule has 2 N–H and O–H groups in total. The molecule has 1 fully saturated rings. The van der Waals surface area contributed by atoms with E-state index in [1.54, 1.807) is 25.8 Å². The third-order valence-electron chi connectivity index (χ3n) is 3.62. The lowest BCUT2D eigenvalue weighted by atomic mass is 9.98. The number of nitrogens with zero attached hydrogens (tertiary/aromatic N) is 2. The Labute approximate surface area is 107 Å². The predicted octanol–water partition coefficient (Wildman–Crippen LogP) is 0.606. The molecular formula is C12H22N2O4. The number of aliphatic carboxylic acids is 1. The predicted molar refractivity (Wildman–Crippen MR) is 66.3 cm³/mol. The lowest BCUT2D eigenvalue weighted by Crippen LogP contribution is -2.55. The van der Waals surface area contributed by atoms with Crippen molar-refractivity contribution in [3.05, 3.63) is 0 Å². The quantitative estimate of drug-likeness (QED) is 0.777. The Morgan fingerprint density at radius 2 is 2.06 bits per heavy atom. The van der Waals surface area contributed by atoms with Gasteiger partial charge in [-0.1, -0.05) is 0 Å². The van der Waals surface area contributed by atoms with Crippen molar-refractivity contribution >= 4 is 12.0 Å². The lowest BCUT2D eigenvalue weighted by Gasteiger charge is -2.40. The second-order valence-corrected chi connectivity index (χ2v) is 5.44. The summed E-state index contributed by atoms with van der Waals surface area (Å²) in [4.78, 5) is 26.2. The SMILES string of the molecule is CN(C(=O)N1CCC[C@H](C(=O)O)C1)C(C)(C)CO. The molecule has 0 bridgehead atoms. The van der Waals surface area contributed by atoms with Gasteiger partial charge in [-0.05, 0) is 26.7 Å². The minimum absolute atomic E-state index is 0.133. The first kappa shape index (κ1) is 14.8. The summed E-state index contributed by atoms with van der Waals surface area (Å²) in [5.41, 5.74) is -0.646. The van der Waals surface area contributed by atoms with Crippen LogP contribution in [-0.4, -0.2) is 64.3 Å². The van der Waals surface area contributed by atoms with Crippen LogP contribution in [0.4, 0.5) is 4.79 Å². The molecule has 1 atom stereocenters. The average Bonchev–Trinajstić information content (AvgIpc) is 2.37. The first-order valence-electron chi connectivity index (χ1n) is 6.16. The van der Waals surface area contributed by atoms with E-state index in [1.165, 1.54) is 4.90 Å². The van der Waals surface area contributed by atoms with Crippen LogP contribution >= 0.6 is 0 Å². The summed E-state index contributed by atoms with van der Waals surface area (Å²) < 4.78 is 0. The topological polar surface area (TPSA) is 81.1 Å². The number of carboxylic acids is 1. The molecular weight excluding hydrogens is 236 g/mol. The number of rotatable bonds is 3. The van der Waals surface area contributed by atoms with Crippen LogP contribution in [0.1, 0.15) is 26.7 Å². The van der Waals surface area contributed by atoms with Crippen molar-refractivity contribution in [3.63, 3.8) is 0 Å². The Bertz CT molecular complexity index is 330. The lowest BCUT2D eigenvalue weighted by molar-refractivity contribution is -0.143. The van der Waals surface area contributed by atoms with E-state index in [0.717, 1.165) is 0 Å². The summed E-state index contributed by atoms with van der Waals surface area (Å²) in [6.07, 6.45) is 1.32. The first-order valence-corrected chi connectivity index (χ1v) is 6.16. The molecule has 1 heterocycles. The molecule has 18 heavy (non-hydrogen) atoms. The maximum absolute atomic E-state index is 12.2. The molecule has 104 valence electrons. The number of amides is 2. The van der Waals surface area contributed by atoms with Crippen LogP contribution < -0.4 is 0 Å². The Morgan fingerprint density at radius 1 is 1.44 bits per heavy atom. The molecule has 0 saturated carbocycles. The number of hydrogen-bond acceptors (Lipinski definition) is 3. The molecule has 0 aromatic rings. The molecule has 1 rings (SSSR count). The van der Waals surface area contributed by atoms with Crippen molar-refractivity contribution in [3.8, 4) is 0 Å². The highest BCUT2D eigenvalue weighted by atomic mass is 16.4. The number of aliphatic hydroxyl groups is 1. The molecule has 0 unspecified atom stereocenters. The van der Waals surface area contributed by atoms with Gasteiger partial charge in [0, 0.05) is 20.1 Å². The highest BCUT2D eigenvalue weighted by molar-refractivity contribution is 5.77. The maximum atomic E-state index is 12.2. The van der Waals surface area contributed by atoms with Crippen LogP contribution in [0.25, 0.3) is 0 Å². The Kier molecular flexibility index (Phi) is 4.56. The summed E-state index contributed by atoms with van der Waals surface area (Å²) in [7, 11) is 1.63. The van der Waals surface area contributed by atoms with Gasteiger partial charge in [-0.25, -0.2) is 4.79 Å². The molecule has 0 aliphatic carbocycles. The fraction of sp³-hybridized carbons (Fsp3) is 0.833. The fourth-order valence-electron chi connectivity index (χ4n) is 1.93. The minimum Gasteiger partial charge on any atom is -0.481 e. The summed E-state index contributed by atoms with van der Waals surface area (Å²) in [6.45, 7) is 4.23. The van der Waals surface area contributed by atoms with Gasteiger partial charge in [0.2, 0.25) is 0 Å². The summed E-state index contributed by atoms with van der Waals surface area (Å²) in [6, 6.07) is -0.222. The summed E-state index contributed by atoms with van der Waals surface area (Å²) in [5, 5.41) is 18.2. The number of carbonyl (C=O) groups excluding carboxylic acids is 1. The fourth-order valence-corrected chi connectivity index (χ4v) is 1.93. The third-order valence-corrected chi connectivity index (χ3v) is 3.62. The minimum atomic E-state index is -0.850. The van der Waals surface area contributed by atoms with Gasteiger partial charge in [0.15, 0.2) is 0 Å². The van der Waals surface area contributed by atoms with Gasteiger partial charge >= 0.3 is 12.0 Å². The number of likely N-dealkylation sites (N-methyl/N-ethyl adjacent to an activating group) is 1. The highest BCUT2D eigenvalue weighted by Gasteiger charge is 2.34. The second kappa shape index (κ2) is 5.56. The van der Waals surface area contributed by atoms with Crippen molar-refractivity contribution in [2.24, 2.45) is 5.92 Å². The number of aliphatic hydroxyl groups excluding tert-OH is 1. The van der Waals surface area contributed by atoms with Gasteiger partial charge in [0.1, 0.15) is 0 Å². The summed E-state index contributed by atoms with van der Waals surface area (Å²) >= 11 is 0. The smallest absolute Gasteiger partial charge is 0.320 e. The van der Waals surface area contributed by atoms with E-state index in [0.29, 0.717) is 19.4 Å². The molecule has 6 nitrogen and oxygen atoms in total. The van der Waals surface area contributed by atoms with E-state index in [1.807, 2.05) is 0 Å². The largest absolute Gasteiger partial charge is 0.481 e. The van der Waals surface area contributed by atoms with E-state index in [4.69, 9.17) is 5.11 Å². The molecule has 0 aromatic carbocycles. The van der Waals surface area contributed by atoms with E-state index >= 15 is 0 Å². The van der Waals surface area contributed by atoms with Crippen LogP contribution in [0.3, 0.4) is 0 Å². The number of hydrogen-bond donors (Lipinski definition) is 2. The van der Waals surface area contributed by atoms with Crippen LogP contribution in [0.15, 0.2) is 0 Å². The monoisotopic (exact) mass is 258 g/mol. The molecule has 1 aliphatic heterocycles. The third kappa shape index (κ3) is 3.13. The van der Waals surface area contributed by atoms with Gasteiger partial charge in [0.05, 0.1) is 18.1 Å². The zero-order valence-electron chi connectivity index (χ0n) is 11.2. The summed E-state index contributed by atoms with van der Waals surface area (Å²) in [5.74, 6) is -1.33. The van der Waals surface area contributed by atoms with E-state index in [2.05, 4.69) is 0 Å². The average molecular weight is 258 g/mol. The van der Waals surface area contributed by atoms with Gasteiger partial charge in [-0.2, -0.15) is 0 Å². The number of likely N-dealkylation sites (tertiary alicyclic amines) is 1. The van der Waals surface area contributed by atoms with Crippen molar-refractivity contribution < 1.29 is 19.8 Å². The number of carbonyl (C=O) groups is 2. The van der Waals surface area contributed by atoms with Crippen molar-refractivity contribution in [2.75, 3.05) is 26.7 Å². The van der Waals surface area contributed by atoms with Crippen molar-refractivity contribution in [1.29, 1.82) is 0 Å². The van der Waals surface area contributed by atoms with Crippen LogP contribution in [-0.2, 0) is 4.79 Å². The van der Waals surface area contributed by atoms with Crippen molar-refractivity contribution in [1.82, 2.24) is 9.80 Å². The molecule has 2 amide bonds. The number of piperidine rings is 1. The molecule has 0 aromatic heterocycles. The molecule has 1 saturated heterocycles. The van der Waals surface area contributed by atoms with Crippen LogP contribution in [0.5, 0.6) is 0 Å². The second-order valence-electron chi connectivity index (χ2n) is 5.44. The normalized spacial score (nSPS) is 20.7. The first-order chi connectivity index (χ1) is 8.29. The molecule has 6 heteroatoms. The van der Waals surface area contributed by atoms with Gasteiger partial charge in [0.25, 0.3) is 0 Å². The Balaban J connectivity index is 2.69. The zero-order chi connectivity index (χ0) is 13.9. The van der Waals surface area contributed by atoms with E-state index < -0.39 is 17.4 Å².